The predicted molar refractivity (Wildman–Crippen MR) is 83.9 cm³/mol. The Balaban J connectivity index is 1.94. The number of nitrogens with zero attached hydrogens (tertiary/aromatic N) is 1. The number of rotatable bonds is 5. The number of phenols is 1. The van der Waals surface area contributed by atoms with Crippen LogP contribution in [0.1, 0.15) is 15.9 Å². The van der Waals surface area contributed by atoms with Crippen LogP contribution < -0.4 is 10.2 Å². The van der Waals surface area contributed by atoms with Gasteiger partial charge in [-0.15, -0.1) is 6.42 Å². The second-order valence-corrected chi connectivity index (χ2v) is 4.28. The highest BCUT2D eigenvalue weighted by Crippen LogP contribution is 2.15. The molecule has 0 fully saturated rings. The SMILES string of the molecule is C#CCOc1ccc(/C=N/NC(=O)c2ccccc2O)cc1. The highest BCUT2D eigenvalue weighted by Gasteiger charge is 2.08. The average Bonchev–Trinajstić information content (AvgIpc) is 2.54. The maximum absolute atomic E-state index is 11.8. The number of aromatic hydroxyl groups is 1. The van der Waals surface area contributed by atoms with Crippen molar-refractivity contribution >= 4 is 12.1 Å². The molecule has 0 radical (unpaired) electrons. The van der Waals surface area contributed by atoms with Crippen molar-refractivity contribution < 1.29 is 14.6 Å². The molecule has 0 saturated carbocycles. The molecule has 0 spiro atoms. The number of hydrogen-bond donors (Lipinski definition) is 2. The zero-order chi connectivity index (χ0) is 15.8. The second kappa shape index (κ2) is 7.50. The third-order valence-electron chi connectivity index (χ3n) is 2.73. The van der Waals surface area contributed by atoms with Crippen LogP contribution in [0.25, 0.3) is 0 Å². The van der Waals surface area contributed by atoms with Crippen molar-refractivity contribution in [1.29, 1.82) is 0 Å². The van der Waals surface area contributed by atoms with Gasteiger partial charge in [-0.05, 0) is 42.0 Å². The lowest BCUT2D eigenvalue weighted by molar-refractivity contribution is 0.0952. The van der Waals surface area contributed by atoms with Crippen LogP contribution in [0.2, 0.25) is 0 Å². The van der Waals surface area contributed by atoms with E-state index in [1.165, 1.54) is 18.3 Å². The van der Waals surface area contributed by atoms with Crippen molar-refractivity contribution in [1.82, 2.24) is 5.43 Å². The van der Waals surface area contributed by atoms with Crippen LogP contribution in [-0.4, -0.2) is 23.8 Å². The Bertz CT molecular complexity index is 715. The lowest BCUT2D eigenvalue weighted by atomic mass is 10.2. The summed E-state index contributed by atoms with van der Waals surface area (Å²) >= 11 is 0. The number of hydrazone groups is 1. The van der Waals surface area contributed by atoms with Crippen molar-refractivity contribution in [2.24, 2.45) is 5.10 Å². The third-order valence-corrected chi connectivity index (χ3v) is 2.73. The van der Waals surface area contributed by atoms with E-state index in [0.717, 1.165) is 5.56 Å². The summed E-state index contributed by atoms with van der Waals surface area (Å²) in [5.41, 5.74) is 3.30. The van der Waals surface area contributed by atoms with E-state index in [9.17, 15) is 9.90 Å². The molecule has 0 aliphatic heterocycles. The van der Waals surface area contributed by atoms with E-state index in [4.69, 9.17) is 11.2 Å². The van der Waals surface area contributed by atoms with E-state index in [2.05, 4.69) is 16.4 Å². The molecule has 5 heteroatoms. The Morgan fingerprint density at radius 3 is 2.68 bits per heavy atom. The molecule has 0 aliphatic carbocycles. The monoisotopic (exact) mass is 294 g/mol. The summed E-state index contributed by atoms with van der Waals surface area (Å²) in [5, 5.41) is 13.4. The number of para-hydroxylation sites is 1. The summed E-state index contributed by atoms with van der Waals surface area (Å²) in [6, 6.07) is 13.3. The van der Waals surface area contributed by atoms with E-state index in [1.807, 2.05) is 0 Å². The standard InChI is InChI=1S/C17H14N2O3/c1-2-11-22-14-9-7-13(8-10-14)12-18-19-17(21)15-5-3-4-6-16(15)20/h1,3-10,12,20H,11H2,(H,19,21)/b18-12+. The first-order valence-electron chi connectivity index (χ1n) is 6.48. The van der Waals surface area contributed by atoms with Crippen molar-refractivity contribution in [2.75, 3.05) is 6.61 Å². The Morgan fingerprint density at radius 2 is 2.00 bits per heavy atom. The van der Waals surface area contributed by atoms with Gasteiger partial charge in [-0.1, -0.05) is 18.1 Å². The van der Waals surface area contributed by atoms with E-state index in [0.29, 0.717) is 5.75 Å². The zero-order valence-electron chi connectivity index (χ0n) is 11.7. The molecule has 2 aromatic rings. The summed E-state index contributed by atoms with van der Waals surface area (Å²) < 4.78 is 5.25. The average molecular weight is 294 g/mol. The molecular formula is C17H14N2O3. The van der Waals surface area contributed by atoms with Crippen LogP contribution in [0.15, 0.2) is 53.6 Å². The number of carbonyl (C=O) groups is 1. The van der Waals surface area contributed by atoms with Gasteiger partial charge >= 0.3 is 0 Å². The van der Waals surface area contributed by atoms with E-state index < -0.39 is 5.91 Å². The van der Waals surface area contributed by atoms with Crippen LogP contribution in [0.5, 0.6) is 11.5 Å². The summed E-state index contributed by atoms with van der Waals surface area (Å²) in [6.45, 7) is 0.212. The lowest BCUT2D eigenvalue weighted by Crippen LogP contribution is -2.17. The third kappa shape index (κ3) is 4.12. The van der Waals surface area contributed by atoms with E-state index in [1.54, 1.807) is 36.4 Å². The van der Waals surface area contributed by atoms with Gasteiger partial charge in [0.2, 0.25) is 0 Å². The van der Waals surface area contributed by atoms with Crippen LogP contribution in [0.4, 0.5) is 0 Å². The number of phenolic OH excluding ortho intramolecular Hbond substituents is 1. The van der Waals surface area contributed by atoms with Crippen molar-refractivity contribution in [3.8, 4) is 23.8 Å². The van der Waals surface area contributed by atoms with Gasteiger partial charge in [0.15, 0.2) is 0 Å². The summed E-state index contributed by atoms with van der Waals surface area (Å²) in [7, 11) is 0. The molecule has 0 aliphatic rings. The Hall–Kier alpha value is -3.26. The molecule has 0 saturated heterocycles. The minimum Gasteiger partial charge on any atom is -0.507 e. The van der Waals surface area contributed by atoms with Crippen LogP contribution in [-0.2, 0) is 0 Å². The maximum Gasteiger partial charge on any atom is 0.275 e. The number of amides is 1. The van der Waals surface area contributed by atoms with Gasteiger partial charge in [0, 0.05) is 0 Å². The molecule has 0 heterocycles. The minimum absolute atomic E-state index is 0.0924. The highest BCUT2D eigenvalue weighted by molar-refractivity contribution is 5.97. The van der Waals surface area contributed by atoms with Crippen molar-refractivity contribution in [3.63, 3.8) is 0 Å². The van der Waals surface area contributed by atoms with Gasteiger partial charge in [-0.2, -0.15) is 5.10 Å². The van der Waals surface area contributed by atoms with Gasteiger partial charge in [0.25, 0.3) is 5.91 Å². The first kappa shape index (κ1) is 15.1. The minimum atomic E-state index is -0.483. The normalized spacial score (nSPS) is 10.1. The van der Waals surface area contributed by atoms with Gasteiger partial charge in [0.1, 0.15) is 18.1 Å². The molecule has 0 unspecified atom stereocenters. The molecule has 22 heavy (non-hydrogen) atoms. The summed E-state index contributed by atoms with van der Waals surface area (Å²) in [5.74, 6) is 2.47. The predicted octanol–water partition coefficient (Wildman–Crippen LogP) is 2.17. The molecule has 2 N–H and O–H groups in total. The fourth-order valence-corrected chi connectivity index (χ4v) is 1.67. The second-order valence-electron chi connectivity index (χ2n) is 4.28. The smallest absolute Gasteiger partial charge is 0.275 e. The van der Waals surface area contributed by atoms with Gasteiger partial charge in [-0.3, -0.25) is 4.79 Å². The molecule has 0 atom stereocenters. The van der Waals surface area contributed by atoms with E-state index >= 15 is 0 Å². The van der Waals surface area contributed by atoms with Gasteiger partial charge in [-0.25, -0.2) is 5.43 Å². The van der Waals surface area contributed by atoms with Crippen LogP contribution in [0, 0.1) is 12.3 Å². The maximum atomic E-state index is 11.8. The fraction of sp³-hybridized carbons (Fsp3) is 0.0588. The fourth-order valence-electron chi connectivity index (χ4n) is 1.67. The molecule has 5 nitrogen and oxygen atoms in total. The van der Waals surface area contributed by atoms with Crippen molar-refractivity contribution in [2.45, 2.75) is 0 Å². The number of hydrogen-bond acceptors (Lipinski definition) is 4. The molecule has 2 aromatic carbocycles. The van der Waals surface area contributed by atoms with Crippen LogP contribution >= 0.6 is 0 Å². The molecule has 0 bridgehead atoms. The Kier molecular flexibility index (Phi) is 5.16. The van der Waals surface area contributed by atoms with E-state index in [-0.39, 0.29) is 17.9 Å². The molecule has 2 rings (SSSR count). The molecule has 0 aromatic heterocycles. The molecule has 1 amide bonds. The zero-order valence-corrected chi connectivity index (χ0v) is 11.7. The Morgan fingerprint density at radius 1 is 1.27 bits per heavy atom. The lowest BCUT2D eigenvalue weighted by Gasteiger charge is -2.03. The Labute approximate surface area is 128 Å². The summed E-state index contributed by atoms with van der Waals surface area (Å²) in [4.78, 5) is 11.8. The number of carbonyl (C=O) groups excluding carboxylic acids is 1. The topological polar surface area (TPSA) is 70.9 Å². The first-order valence-corrected chi connectivity index (χ1v) is 6.48. The largest absolute Gasteiger partial charge is 0.507 e. The number of nitrogens with one attached hydrogen (secondary N) is 1. The van der Waals surface area contributed by atoms with Crippen LogP contribution in [0.3, 0.4) is 0 Å². The van der Waals surface area contributed by atoms with Crippen molar-refractivity contribution in [3.05, 3.63) is 59.7 Å². The van der Waals surface area contributed by atoms with Gasteiger partial charge in [0.05, 0.1) is 11.8 Å². The number of ether oxygens (including phenoxy) is 1. The quantitative estimate of drug-likeness (QED) is 0.504. The first-order chi connectivity index (χ1) is 10.7. The number of terminal acetylenes is 1. The molecule has 110 valence electrons. The summed E-state index contributed by atoms with van der Waals surface area (Å²) in [6.07, 6.45) is 6.59. The molecular weight excluding hydrogens is 280 g/mol. The van der Waals surface area contributed by atoms with Gasteiger partial charge < -0.3 is 9.84 Å². The highest BCUT2D eigenvalue weighted by atomic mass is 16.5. The number of benzene rings is 2.